The lowest BCUT2D eigenvalue weighted by atomic mass is 9.72. The molecule has 3 aromatic rings. The number of aryl methyl sites for hydroxylation is 1. The number of anilines is 1. The fraction of sp³-hybridized carbons (Fsp3) is 0.222. The summed E-state index contributed by atoms with van der Waals surface area (Å²) in [4.78, 5) is 31.5. The lowest BCUT2D eigenvalue weighted by Gasteiger charge is -2.36. The third-order valence-corrected chi connectivity index (χ3v) is 6.60. The monoisotopic (exact) mass is 473 g/mol. The topological polar surface area (TPSA) is 84.2 Å². The van der Waals surface area contributed by atoms with E-state index in [1.54, 1.807) is 24.5 Å². The first-order valence-corrected chi connectivity index (χ1v) is 11.6. The molecule has 1 aliphatic heterocycles. The number of Topliss-reactive ketones (excluding diaryl/α,β-unsaturated/α-hetero) is 1. The van der Waals surface area contributed by atoms with Crippen LogP contribution in [0.2, 0.25) is 5.02 Å². The third kappa shape index (κ3) is 4.17. The molecule has 1 aromatic carbocycles. The number of carbonyl (C=O) groups excluding carboxylic acids is 2. The normalized spacial score (nSPS) is 20.1. The van der Waals surface area contributed by atoms with Crippen LogP contribution in [0.1, 0.15) is 48.6 Å². The molecule has 2 N–H and O–H groups in total. The summed E-state index contributed by atoms with van der Waals surface area (Å²) in [6, 6.07) is 16.5. The lowest BCUT2D eigenvalue weighted by molar-refractivity contribution is -0.116. The smallest absolute Gasteiger partial charge is 0.255 e. The maximum atomic E-state index is 13.5. The van der Waals surface area contributed by atoms with Gasteiger partial charge in [0.2, 0.25) is 0 Å². The van der Waals surface area contributed by atoms with E-state index in [0.29, 0.717) is 40.5 Å². The number of hydrogen-bond donors (Lipinski definition) is 2. The molecule has 0 unspecified atom stereocenters. The van der Waals surface area contributed by atoms with Crippen molar-refractivity contribution < 1.29 is 14.0 Å². The van der Waals surface area contributed by atoms with Gasteiger partial charge in [-0.25, -0.2) is 4.98 Å². The van der Waals surface area contributed by atoms with E-state index in [2.05, 4.69) is 15.6 Å². The van der Waals surface area contributed by atoms with Crippen molar-refractivity contribution in [2.45, 2.75) is 38.5 Å². The zero-order chi connectivity index (χ0) is 23.8. The highest BCUT2D eigenvalue weighted by Crippen LogP contribution is 2.45. The number of nitrogens with zero attached hydrogens (tertiary/aromatic N) is 1. The fourth-order valence-electron chi connectivity index (χ4n) is 4.85. The Bertz CT molecular complexity index is 1320. The molecule has 172 valence electrons. The number of nitrogens with one attached hydrogen (secondary N) is 2. The third-order valence-electron chi connectivity index (χ3n) is 6.35. The number of allylic oxidation sites excluding steroid dienone is 3. The van der Waals surface area contributed by atoms with Crippen molar-refractivity contribution in [3.63, 3.8) is 0 Å². The Morgan fingerprint density at radius 2 is 1.88 bits per heavy atom. The predicted octanol–water partition coefficient (Wildman–Crippen LogP) is 5.64. The van der Waals surface area contributed by atoms with Gasteiger partial charge in [-0.05, 0) is 62.2 Å². The quantitative estimate of drug-likeness (QED) is 0.512. The Morgan fingerprint density at radius 3 is 2.59 bits per heavy atom. The molecule has 1 aliphatic carbocycles. The van der Waals surface area contributed by atoms with Crippen molar-refractivity contribution in [2.75, 3.05) is 5.32 Å². The van der Waals surface area contributed by atoms with Gasteiger partial charge in [0.15, 0.2) is 5.78 Å². The number of furan rings is 1. The molecule has 3 heterocycles. The average Bonchev–Trinajstić information content (AvgIpc) is 3.33. The summed E-state index contributed by atoms with van der Waals surface area (Å²) in [6.07, 6.45) is 2.58. The number of aromatic nitrogens is 1. The number of benzene rings is 1. The van der Waals surface area contributed by atoms with Crippen LogP contribution in [0.5, 0.6) is 0 Å². The first-order chi connectivity index (χ1) is 16.4. The minimum Gasteiger partial charge on any atom is -0.469 e. The van der Waals surface area contributed by atoms with Crippen molar-refractivity contribution in [2.24, 2.45) is 0 Å². The Kier molecular flexibility index (Phi) is 5.84. The minimum absolute atomic E-state index is 0.00146. The van der Waals surface area contributed by atoms with Gasteiger partial charge < -0.3 is 15.1 Å². The van der Waals surface area contributed by atoms with Gasteiger partial charge in [-0.3, -0.25) is 9.59 Å². The molecule has 7 heteroatoms. The molecular formula is C27H24ClN3O3. The summed E-state index contributed by atoms with van der Waals surface area (Å²) < 4.78 is 5.59. The van der Waals surface area contributed by atoms with Gasteiger partial charge in [0, 0.05) is 51.5 Å². The highest BCUT2D eigenvalue weighted by atomic mass is 35.5. The number of rotatable bonds is 4. The van der Waals surface area contributed by atoms with Gasteiger partial charge in [-0.15, -0.1) is 0 Å². The van der Waals surface area contributed by atoms with E-state index < -0.39 is 5.92 Å². The number of pyridine rings is 1. The molecule has 1 amide bonds. The van der Waals surface area contributed by atoms with Gasteiger partial charge in [-0.2, -0.15) is 0 Å². The minimum atomic E-state index is -0.511. The number of dihydropyridines is 1. The summed E-state index contributed by atoms with van der Waals surface area (Å²) in [5.74, 6) is 0.410. The van der Waals surface area contributed by atoms with Gasteiger partial charge in [-0.1, -0.05) is 29.8 Å². The molecule has 5 rings (SSSR count). The highest BCUT2D eigenvalue weighted by molar-refractivity contribution is 6.30. The summed E-state index contributed by atoms with van der Waals surface area (Å²) in [5.41, 5.74) is 4.30. The second kappa shape index (κ2) is 8.95. The predicted molar refractivity (Wildman–Crippen MR) is 130 cm³/mol. The average molecular weight is 474 g/mol. The lowest BCUT2D eigenvalue weighted by Crippen LogP contribution is -2.37. The van der Waals surface area contributed by atoms with Crippen LogP contribution in [-0.4, -0.2) is 16.7 Å². The van der Waals surface area contributed by atoms with Gasteiger partial charge in [0.25, 0.3) is 5.91 Å². The Morgan fingerprint density at radius 1 is 1.09 bits per heavy atom. The van der Waals surface area contributed by atoms with E-state index in [9.17, 15) is 9.59 Å². The summed E-state index contributed by atoms with van der Waals surface area (Å²) in [6.45, 7) is 3.73. The zero-order valence-electron chi connectivity index (χ0n) is 18.9. The molecule has 0 saturated carbocycles. The molecule has 2 aliphatic rings. The van der Waals surface area contributed by atoms with E-state index in [-0.39, 0.29) is 17.6 Å². The molecular weight excluding hydrogens is 450 g/mol. The molecule has 0 bridgehead atoms. The Labute approximate surface area is 202 Å². The zero-order valence-corrected chi connectivity index (χ0v) is 19.6. The van der Waals surface area contributed by atoms with Crippen molar-refractivity contribution >= 4 is 29.1 Å². The van der Waals surface area contributed by atoms with Crippen LogP contribution in [0.25, 0.3) is 0 Å². The van der Waals surface area contributed by atoms with Crippen LogP contribution in [0.15, 0.2) is 87.8 Å². The number of carbonyl (C=O) groups is 2. The first kappa shape index (κ1) is 22.2. The first-order valence-electron chi connectivity index (χ1n) is 11.2. The van der Waals surface area contributed by atoms with Crippen molar-refractivity contribution in [1.82, 2.24) is 10.3 Å². The van der Waals surface area contributed by atoms with Crippen LogP contribution >= 0.6 is 11.6 Å². The van der Waals surface area contributed by atoms with E-state index in [1.807, 2.05) is 50.2 Å². The van der Waals surface area contributed by atoms with Crippen LogP contribution in [0, 0.1) is 6.92 Å². The summed E-state index contributed by atoms with van der Waals surface area (Å²) in [7, 11) is 0. The summed E-state index contributed by atoms with van der Waals surface area (Å²) in [5, 5.41) is 6.87. The SMILES string of the molecule is CC1=C(C(=O)Nc2cccc(C)n2)[C@@H](c2ccc(Cl)cc2)C2=C(C[C@@H](c3ccco3)CC2=O)N1. The van der Waals surface area contributed by atoms with Gasteiger partial charge >= 0.3 is 0 Å². The van der Waals surface area contributed by atoms with Gasteiger partial charge in [0.05, 0.1) is 6.26 Å². The Balaban J connectivity index is 1.56. The Hall–Kier alpha value is -3.64. The molecule has 6 nitrogen and oxygen atoms in total. The largest absolute Gasteiger partial charge is 0.469 e. The maximum Gasteiger partial charge on any atom is 0.255 e. The number of amides is 1. The van der Waals surface area contributed by atoms with Crippen molar-refractivity contribution in [3.05, 3.63) is 105 Å². The molecule has 2 atom stereocenters. The second-order valence-corrected chi connectivity index (χ2v) is 9.14. The van der Waals surface area contributed by atoms with E-state index in [4.69, 9.17) is 16.0 Å². The second-order valence-electron chi connectivity index (χ2n) is 8.70. The van der Waals surface area contributed by atoms with Gasteiger partial charge in [0.1, 0.15) is 11.6 Å². The van der Waals surface area contributed by atoms with Crippen LogP contribution < -0.4 is 10.6 Å². The molecule has 2 aromatic heterocycles. The molecule has 0 spiro atoms. The number of ketones is 1. The molecule has 0 fully saturated rings. The molecule has 0 radical (unpaired) electrons. The van der Waals surface area contributed by atoms with Crippen molar-refractivity contribution in [3.8, 4) is 0 Å². The van der Waals surface area contributed by atoms with Crippen LogP contribution in [0.4, 0.5) is 5.82 Å². The molecule has 34 heavy (non-hydrogen) atoms. The summed E-state index contributed by atoms with van der Waals surface area (Å²) >= 11 is 6.14. The van der Waals surface area contributed by atoms with E-state index in [0.717, 1.165) is 22.7 Å². The standard InChI is InChI=1S/C27H24ClN3O3/c1-15-5-3-7-23(29-15)31-27(33)24-16(2)30-20-13-18(22-6-4-12-34-22)14-21(32)26(20)25(24)17-8-10-19(28)11-9-17/h3-12,18,25,30H,13-14H2,1-2H3,(H,29,31,33)/t18-,25-/m1/s1. The maximum absolute atomic E-state index is 13.5. The van der Waals surface area contributed by atoms with E-state index >= 15 is 0 Å². The number of hydrogen-bond acceptors (Lipinski definition) is 5. The van der Waals surface area contributed by atoms with Crippen molar-refractivity contribution in [1.29, 1.82) is 0 Å². The molecule has 0 saturated heterocycles. The van der Waals surface area contributed by atoms with Crippen LogP contribution in [-0.2, 0) is 9.59 Å². The van der Waals surface area contributed by atoms with E-state index in [1.165, 1.54) is 0 Å². The van der Waals surface area contributed by atoms with Crippen LogP contribution in [0.3, 0.4) is 0 Å². The fourth-order valence-corrected chi connectivity index (χ4v) is 4.98. The highest BCUT2D eigenvalue weighted by Gasteiger charge is 2.41. The number of halogens is 1.